The van der Waals surface area contributed by atoms with Crippen molar-refractivity contribution in [3.8, 4) is 5.75 Å². The van der Waals surface area contributed by atoms with E-state index in [1.54, 1.807) is 79.9 Å². The van der Waals surface area contributed by atoms with Crippen LogP contribution in [-0.2, 0) is 21.5 Å². The lowest BCUT2D eigenvalue weighted by atomic mass is 9.82. The Labute approximate surface area is 238 Å². The minimum atomic E-state index is -1.43. The molecule has 0 aromatic heterocycles. The maximum atomic E-state index is 13.8. The van der Waals surface area contributed by atoms with Gasteiger partial charge in [0.05, 0.1) is 20.1 Å². The molecule has 206 valence electrons. The second kappa shape index (κ2) is 11.5. The Hall–Kier alpha value is -5.24. The van der Waals surface area contributed by atoms with Crippen LogP contribution < -0.4 is 15.4 Å². The van der Waals surface area contributed by atoms with Crippen molar-refractivity contribution >= 4 is 29.3 Å². The molecular weight excluding hydrogens is 518 g/mol. The summed E-state index contributed by atoms with van der Waals surface area (Å²) in [6.07, 6.45) is 0.183. The fraction of sp³-hybridized carbons (Fsp3) is 0.152. The van der Waals surface area contributed by atoms with Gasteiger partial charge in [-0.2, -0.15) is 0 Å². The number of urea groups is 1. The Kier molecular flexibility index (Phi) is 7.65. The van der Waals surface area contributed by atoms with Gasteiger partial charge in [0.25, 0.3) is 5.91 Å². The number of carbonyl (C=O) groups excluding carboxylic acids is 4. The van der Waals surface area contributed by atoms with Crippen molar-refractivity contribution in [1.29, 1.82) is 0 Å². The lowest BCUT2D eigenvalue weighted by molar-refractivity contribution is -0.130. The molecule has 0 unspecified atom stereocenters. The Morgan fingerprint density at radius 2 is 1.46 bits per heavy atom. The number of ether oxygens (including phenoxy) is 1. The summed E-state index contributed by atoms with van der Waals surface area (Å²) in [5.74, 6) is -0.373. The smallest absolute Gasteiger partial charge is 0.325 e. The van der Waals surface area contributed by atoms with Crippen LogP contribution in [0.2, 0.25) is 0 Å². The van der Waals surface area contributed by atoms with E-state index in [0.717, 1.165) is 21.8 Å². The first kappa shape index (κ1) is 27.3. The fourth-order valence-corrected chi connectivity index (χ4v) is 5.07. The molecule has 1 saturated heterocycles. The number of aryl methyl sites for hydroxylation is 1. The number of nitrogens with zero attached hydrogens (tertiary/aromatic N) is 1. The molecule has 4 aromatic rings. The summed E-state index contributed by atoms with van der Waals surface area (Å²) in [4.78, 5) is 53.6. The van der Waals surface area contributed by atoms with Crippen molar-refractivity contribution in [2.45, 2.75) is 18.9 Å². The third-order valence-electron chi connectivity index (χ3n) is 7.14. The summed E-state index contributed by atoms with van der Waals surface area (Å²) in [5, 5.41) is 5.68. The zero-order valence-electron chi connectivity index (χ0n) is 22.7. The number of Topliss-reactive ketones (excluding diaryl/α,β-unsaturated/α-hetero) is 1. The average molecular weight is 548 g/mol. The predicted molar refractivity (Wildman–Crippen MR) is 155 cm³/mol. The fourth-order valence-electron chi connectivity index (χ4n) is 5.07. The van der Waals surface area contributed by atoms with Gasteiger partial charge in [-0.25, -0.2) is 4.79 Å². The highest BCUT2D eigenvalue weighted by atomic mass is 16.5. The van der Waals surface area contributed by atoms with Crippen LogP contribution >= 0.6 is 0 Å². The lowest BCUT2D eigenvalue weighted by Crippen LogP contribution is -2.45. The number of anilines is 1. The summed E-state index contributed by atoms with van der Waals surface area (Å²) < 4.78 is 5.26. The van der Waals surface area contributed by atoms with Crippen LogP contribution in [0.15, 0.2) is 103 Å². The third kappa shape index (κ3) is 5.45. The molecule has 1 aliphatic rings. The number of rotatable bonds is 9. The third-order valence-corrected chi connectivity index (χ3v) is 7.14. The van der Waals surface area contributed by atoms with Gasteiger partial charge >= 0.3 is 6.03 Å². The SMILES string of the molecule is COc1ccc(CC(=O)Nc2ccc(C(=O)CN3C(=O)NC(c4ccccc4)(c4ccccc4)C3=O)cc2)cc1C. The zero-order valence-corrected chi connectivity index (χ0v) is 22.7. The normalized spacial score (nSPS) is 14.0. The Balaban J connectivity index is 1.28. The average Bonchev–Trinajstić information content (AvgIpc) is 3.24. The predicted octanol–water partition coefficient (Wildman–Crippen LogP) is 4.86. The first-order valence-electron chi connectivity index (χ1n) is 13.1. The summed E-state index contributed by atoms with van der Waals surface area (Å²) in [6, 6.07) is 29.3. The van der Waals surface area contributed by atoms with E-state index in [9.17, 15) is 19.2 Å². The molecule has 0 spiro atoms. The number of hydrogen-bond donors (Lipinski definition) is 2. The lowest BCUT2D eigenvalue weighted by Gasteiger charge is -2.28. The van der Waals surface area contributed by atoms with Crippen LogP contribution in [0.5, 0.6) is 5.75 Å². The molecule has 8 heteroatoms. The summed E-state index contributed by atoms with van der Waals surface area (Å²) in [6.45, 7) is 1.49. The number of nitrogens with one attached hydrogen (secondary N) is 2. The van der Waals surface area contributed by atoms with Gasteiger partial charge < -0.3 is 15.4 Å². The Morgan fingerprint density at radius 1 is 0.854 bits per heavy atom. The van der Waals surface area contributed by atoms with Crippen LogP contribution in [-0.4, -0.2) is 42.2 Å². The van der Waals surface area contributed by atoms with Crippen molar-refractivity contribution in [3.63, 3.8) is 0 Å². The summed E-state index contributed by atoms with van der Waals surface area (Å²) in [5.41, 5.74) is 2.40. The number of carbonyl (C=O) groups is 4. The molecule has 0 aliphatic carbocycles. The highest BCUT2D eigenvalue weighted by Crippen LogP contribution is 2.36. The highest BCUT2D eigenvalue weighted by molar-refractivity contribution is 6.13. The van der Waals surface area contributed by atoms with Crippen molar-refractivity contribution in [1.82, 2.24) is 10.2 Å². The molecule has 0 atom stereocenters. The molecule has 2 N–H and O–H groups in total. The Morgan fingerprint density at radius 3 is 2.02 bits per heavy atom. The van der Waals surface area contributed by atoms with Gasteiger partial charge in [-0.05, 0) is 59.5 Å². The minimum absolute atomic E-state index is 0.183. The first-order chi connectivity index (χ1) is 19.8. The number of ketones is 1. The number of methoxy groups -OCH3 is 1. The molecule has 1 fully saturated rings. The second-order valence-electron chi connectivity index (χ2n) is 9.83. The molecule has 1 aliphatic heterocycles. The first-order valence-corrected chi connectivity index (χ1v) is 13.1. The molecule has 41 heavy (non-hydrogen) atoms. The van der Waals surface area contributed by atoms with Crippen LogP contribution in [0, 0.1) is 6.92 Å². The van der Waals surface area contributed by atoms with E-state index in [4.69, 9.17) is 4.74 Å². The maximum absolute atomic E-state index is 13.8. The van der Waals surface area contributed by atoms with Crippen molar-refractivity contribution in [3.05, 3.63) is 131 Å². The molecular formula is C33H29N3O5. The molecule has 1 heterocycles. The van der Waals surface area contributed by atoms with Crippen LogP contribution in [0.3, 0.4) is 0 Å². The number of benzene rings is 4. The standard InChI is InChI=1S/C33H29N3O5/c1-22-19-23(13-18-29(22)41-2)20-30(38)34-27-16-14-24(15-17-27)28(37)21-36-31(39)33(35-32(36)40,25-9-5-3-6-10-25)26-11-7-4-8-12-26/h3-19H,20-21H2,1-2H3,(H,34,38)(H,35,40). The molecule has 0 saturated carbocycles. The highest BCUT2D eigenvalue weighted by Gasteiger charge is 2.54. The van der Waals surface area contributed by atoms with Crippen LogP contribution in [0.25, 0.3) is 0 Å². The number of amides is 4. The van der Waals surface area contributed by atoms with Gasteiger partial charge in [-0.1, -0.05) is 72.8 Å². The molecule has 0 bridgehead atoms. The molecule has 4 amide bonds. The number of imide groups is 1. The molecule has 4 aromatic carbocycles. The van der Waals surface area contributed by atoms with Crippen molar-refractivity contribution in [2.75, 3.05) is 19.0 Å². The van der Waals surface area contributed by atoms with Crippen molar-refractivity contribution < 1.29 is 23.9 Å². The summed E-state index contributed by atoms with van der Waals surface area (Å²) in [7, 11) is 1.60. The van der Waals surface area contributed by atoms with Crippen molar-refractivity contribution in [2.24, 2.45) is 0 Å². The number of hydrogen-bond acceptors (Lipinski definition) is 5. The van der Waals surface area contributed by atoms with E-state index >= 15 is 0 Å². The van der Waals surface area contributed by atoms with Gasteiger partial charge in [0.15, 0.2) is 11.3 Å². The maximum Gasteiger partial charge on any atom is 0.325 e. The van der Waals surface area contributed by atoms with Crippen LogP contribution in [0.4, 0.5) is 10.5 Å². The van der Waals surface area contributed by atoms with E-state index in [1.807, 2.05) is 37.3 Å². The van der Waals surface area contributed by atoms with Gasteiger partial charge in [0.2, 0.25) is 5.91 Å². The second-order valence-corrected chi connectivity index (χ2v) is 9.83. The van der Waals surface area contributed by atoms with E-state index in [1.165, 1.54) is 0 Å². The molecule has 0 radical (unpaired) electrons. The molecule has 8 nitrogen and oxygen atoms in total. The van der Waals surface area contributed by atoms with Crippen LogP contribution in [0.1, 0.15) is 32.6 Å². The topological polar surface area (TPSA) is 105 Å². The van der Waals surface area contributed by atoms with Gasteiger partial charge in [-0.15, -0.1) is 0 Å². The van der Waals surface area contributed by atoms with Gasteiger partial charge in [0.1, 0.15) is 5.75 Å². The monoisotopic (exact) mass is 547 g/mol. The van der Waals surface area contributed by atoms with E-state index in [2.05, 4.69) is 10.6 Å². The van der Waals surface area contributed by atoms with E-state index < -0.39 is 29.8 Å². The zero-order chi connectivity index (χ0) is 29.0. The van der Waals surface area contributed by atoms with Gasteiger partial charge in [0, 0.05) is 11.3 Å². The minimum Gasteiger partial charge on any atom is -0.496 e. The van der Waals surface area contributed by atoms with Gasteiger partial charge in [-0.3, -0.25) is 19.3 Å². The van der Waals surface area contributed by atoms with E-state index in [-0.39, 0.29) is 12.3 Å². The molecule has 5 rings (SSSR count). The largest absolute Gasteiger partial charge is 0.496 e. The Bertz CT molecular complexity index is 1560. The van der Waals surface area contributed by atoms with E-state index in [0.29, 0.717) is 22.4 Å². The quantitative estimate of drug-likeness (QED) is 0.230. The summed E-state index contributed by atoms with van der Waals surface area (Å²) >= 11 is 0.